The van der Waals surface area contributed by atoms with Crippen molar-refractivity contribution in [3.05, 3.63) is 65.3 Å². The number of hydrogen-bond acceptors (Lipinski definition) is 3. The van der Waals surface area contributed by atoms with Gasteiger partial charge in [-0.3, -0.25) is 9.78 Å². The largest absolute Gasteiger partial charge is 0.398 e. The van der Waals surface area contributed by atoms with Gasteiger partial charge < -0.3 is 11.1 Å². The van der Waals surface area contributed by atoms with Crippen LogP contribution in [0.1, 0.15) is 10.4 Å². The van der Waals surface area contributed by atoms with Crippen molar-refractivity contribution in [1.29, 1.82) is 0 Å². The first-order valence-corrected chi connectivity index (χ1v) is 6.73. The minimum Gasteiger partial charge on any atom is -0.398 e. The molecule has 0 fully saturated rings. The van der Waals surface area contributed by atoms with Crippen molar-refractivity contribution >= 4 is 39.8 Å². The van der Waals surface area contributed by atoms with Gasteiger partial charge in [-0.05, 0) is 42.5 Å². The number of nitrogen functional groups attached to an aromatic ring is 1. The Morgan fingerprint density at radius 1 is 1.14 bits per heavy atom. The Bertz CT molecular complexity index is 827. The molecule has 0 radical (unpaired) electrons. The molecular formula is C16H12ClN3O. The predicted molar refractivity (Wildman–Crippen MR) is 85.6 cm³/mol. The first kappa shape index (κ1) is 13.4. The first-order valence-electron chi connectivity index (χ1n) is 6.35. The highest BCUT2D eigenvalue weighted by Crippen LogP contribution is 2.23. The molecule has 0 bridgehead atoms. The van der Waals surface area contributed by atoms with E-state index in [1.165, 1.54) is 0 Å². The number of halogens is 1. The van der Waals surface area contributed by atoms with Gasteiger partial charge in [0, 0.05) is 17.1 Å². The summed E-state index contributed by atoms with van der Waals surface area (Å²) in [7, 11) is 0. The lowest BCUT2D eigenvalue weighted by molar-refractivity contribution is 0.102. The maximum atomic E-state index is 12.3. The van der Waals surface area contributed by atoms with Crippen molar-refractivity contribution in [2.75, 3.05) is 11.1 Å². The number of nitrogens with one attached hydrogen (secondary N) is 1. The van der Waals surface area contributed by atoms with Crippen molar-refractivity contribution in [1.82, 2.24) is 4.98 Å². The third-order valence-corrected chi connectivity index (χ3v) is 3.50. The summed E-state index contributed by atoms with van der Waals surface area (Å²) < 4.78 is 0. The monoisotopic (exact) mass is 297 g/mol. The van der Waals surface area contributed by atoms with E-state index in [1.54, 1.807) is 24.4 Å². The van der Waals surface area contributed by atoms with Crippen LogP contribution in [-0.4, -0.2) is 10.9 Å². The summed E-state index contributed by atoms with van der Waals surface area (Å²) in [6.45, 7) is 0. The Morgan fingerprint density at radius 3 is 2.81 bits per heavy atom. The predicted octanol–water partition coefficient (Wildman–Crippen LogP) is 3.72. The molecule has 1 amide bonds. The molecule has 0 aliphatic carbocycles. The van der Waals surface area contributed by atoms with E-state index in [9.17, 15) is 4.79 Å². The van der Waals surface area contributed by atoms with Gasteiger partial charge in [0.05, 0.1) is 21.9 Å². The molecule has 0 atom stereocenters. The van der Waals surface area contributed by atoms with E-state index < -0.39 is 0 Å². The molecule has 0 saturated heterocycles. The molecule has 5 heteroatoms. The van der Waals surface area contributed by atoms with E-state index in [2.05, 4.69) is 10.3 Å². The molecule has 21 heavy (non-hydrogen) atoms. The number of fused-ring (bicyclic) bond motifs is 1. The van der Waals surface area contributed by atoms with E-state index in [1.807, 2.05) is 30.3 Å². The lowest BCUT2D eigenvalue weighted by Gasteiger charge is -2.09. The summed E-state index contributed by atoms with van der Waals surface area (Å²) in [5.74, 6) is -0.241. The Labute approximate surface area is 126 Å². The minimum absolute atomic E-state index is 0.241. The van der Waals surface area contributed by atoms with Crippen molar-refractivity contribution < 1.29 is 4.79 Å². The molecule has 0 spiro atoms. The van der Waals surface area contributed by atoms with Gasteiger partial charge in [0.2, 0.25) is 0 Å². The Hall–Kier alpha value is -2.59. The SMILES string of the molecule is Nc1cc(C(=O)Nc2cccc3ncccc23)ccc1Cl. The van der Waals surface area contributed by atoms with Gasteiger partial charge in [-0.15, -0.1) is 0 Å². The molecule has 0 unspecified atom stereocenters. The second-order valence-electron chi connectivity index (χ2n) is 4.57. The van der Waals surface area contributed by atoms with Crippen LogP contribution in [0.3, 0.4) is 0 Å². The lowest BCUT2D eigenvalue weighted by Crippen LogP contribution is -2.12. The first-order chi connectivity index (χ1) is 10.1. The number of hydrogen-bond donors (Lipinski definition) is 2. The maximum absolute atomic E-state index is 12.3. The second kappa shape index (κ2) is 5.42. The topological polar surface area (TPSA) is 68.0 Å². The van der Waals surface area contributed by atoms with Gasteiger partial charge in [-0.25, -0.2) is 0 Å². The fourth-order valence-electron chi connectivity index (χ4n) is 2.09. The highest BCUT2D eigenvalue weighted by Gasteiger charge is 2.10. The molecule has 2 aromatic carbocycles. The van der Waals surface area contributed by atoms with Crippen LogP contribution < -0.4 is 11.1 Å². The number of rotatable bonds is 2. The van der Waals surface area contributed by atoms with Gasteiger partial charge >= 0.3 is 0 Å². The standard InChI is InChI=1S/C16H12ClN3O/c17-12-7-6-10(9-13(12)18)16(21)20-15-5-1-4-14-11(15)3-2-8-19-14/h1-9H,18H2,(H,20,21). The fourth-order valence-corrected chi connectivity index (χ4v) is 2.21. The number of carbonyl (C=O) groups is 1. The van der Waals surface area contributed by atoms with E-state index >= 15 is 0 Å². The van der Waals surface area contributed by atoms with Gasteiger partial charge in [-0.2, -0.15) is 0 Å². The summed E-state index contributed by atoms with van der Waals surface area (Å²) in [5.41, 5.74) is 8.09. The zero-order valence-corrected chi connectivity index (χ0v) is 11.8. The maximum Gasteiger partial charge on any atom is 0.255 e. The molecule has 0 saturated carbocycles. The molecule has 4 nitrogen and oxygen atoms in total. The molecule has 1 aromatic heterocycles. The van der Waals surface area contributed by atoms with Crippen LogP contribution >= 0.6 is 11.6 Å². The zero-order chi connectivity index (χ0) is 14.8. The second-order valence-corrected chi connectivity index (χ2v) is 4.97. The number of anilines is 2. The van der Waals surface area contributed by atoms with Crippen LogP contribution in [-0.2, 0) is 0 Å². The van der Waals surface area contributed by atoms with Crippen molar-refractivity contribution in [3.8, 4) is 0 Å². The fraction of sp³-hybridized carbons (Fsp3) is 0. The van der Waals surface area contributed by atoms with Gasteiger partial charge in [0.1, 0.15) is 0 Å². The number of pyridine rings is 1. The highest BCUT2D eigenvalue weighted by molar-refractivity contribution is 6.33. The van der Waals surface area contributed by atoms with E-state index in [-0.39, 0.29) is 5.91 Å². The summed E-state index contributed by atoms with van der Waals surface area (Å²) in [6.07, 6.45) is 1.72. The van der Waals surface area contributed by atoms with Crippen molar-refractivity contribution in [3.63, 3.8) is 0 Å². The third-order valence-electron chi connectivity index (χ3n) is 3.15. The van der Waals surface area contributed by atoms with E-state index in [0.29, 0.717) is 22.0 Å². The Morgan fingerprint density at radius 2 is 2.00 bits per heavy atom. The van der Waals surface area contributed by atoms with Gasteiger partial charge in [0.25, 0.3) is 5.91 Å². The van der Waals surface area contributed by atoms with Gasteiger partial charge in [0.15, 0.2) is 0 Å². The van der Waals surface area contributed by atoms with Crippen LogP contribution in [0.2, 0.25) is 5.02 Å². The molecule has 0 aliphatic rings. The number of aromatic nitrogens is 1. The zero-order valence-electron chi connectivity index (χ0n) is 11.0. The summed E-state index contributed by atoms with van der Waals surface area (Å²) in [5, 5.41) is 4.19. The van der Waals surface area contributed by atoms with Crippen LogP contribution in [0.5, 0.6) is 0 Å². The smallest absolute Gasteiger partial charge is 0.255 e. The molecule has 1 heterocycles. The van der Waals surface area contributed by atoms with E-state index in [4.69, 9.17) is 17.3 Å². The molecule has 3 N–H and O–H groups in total. The normalized spacial score (nSPS) is 10.5. The number of carbonyl (C=O) groups excluding carboxylic acids is 1. The number of nitrogens with zero attached hydrogens (tertiary/aromatic N) is 1. The average Bonchev–Trinajstić information content (AvgIpc) is 2.50. The van der Waals surface area contributed by atoms with Crippen LogP contribution in [0.15, 0.2) is 54.7 Å². The Kier molecular flexibility index (Phi) is 3.46. The minimum atomic E-state index is -0.241. The quantitative estimate of drug-likeness (QED) is 0.708. The molecule has 104 valence electrons. The summed E-state index contributed by atoms with van der Waals surface area (Å²) in [4.78, 5) is 16.5. The van der Waals surface area contributed by atoms with Gasteiger partial charge in [-0.1, -0.05) is 17.7 Å². The molecule has 3 rings (SSSR count). The average molecular weight is 298 g/mol. The molecule has 3 aromatic rings. The lowest BCUT2D eigenvalue weighted by atomic mass is 10.1. The van der Waals surface area contributed by atoms with Crippen molar-refractivity contribution in [2.24, 2.45) is 0 Å². The van der Waals surface area contributed by atoms with Crippen LogP contribution in [0, 0.1) is 0 Å². The third kappa shape index (κ3) is 2.66. The van der Waals surface area contributed by atoms with Crippen LogP contribution in [0.4, 0.5) is 11.4 Å². The summed E-state index contributed by atoms with van der Waals surface area (Å²) in [6, 6.07) is 14.1. The Balaban J connectivity index is 1.94. The molecule has 0 aliphatic heterocycles. The number of benzene rings is 2. The number of amides is 1. The van der Waals surface area contributed by atoms with Crippen molar-refractivity contribution in [2.45, 2.75) is 0 Å². The van der Waals surface area contributed by atoms with E-state index in [0.717, 1.165) is 10.9 Å². The number of nitrogens with two attached hydrogens (primary N) is 1. The molecular weight excluding hydrogens is 286 g/mol. The highest BCUT2D eigenvalue weighted by atomic mass is 35.5. The van der Waals surface area contributed by atoms with Crippen LogP contribution in [0.25, 0.3) is 10.9 Å². The summed E-state index contributed by atoms with van der Waals surface area (Å²) >= 11 is 5.86.